The number of hydrogen-bond donors (Lipinski definition) is 1. The van der Waals surface area contributed by atoms with Gasteiger partial charge in [0.05, 0.1) is 6.61 Å². The lowest BCUT2D eigenvalue weighted by Crippen LogP contribution is -2.43. The molecule has 2 nitrogen and oxygen atoms in total. The summed E-state index contributed by atoms with van der Waals surface area (Å²) in [5.41, 5.74) is 6.08. The van der Waals surface area contributed by atoms with Crippen molar-refractivity contribution in [1.82, 2.24) is 0 Å². The normalized spacial score (nSPS) is 14.8. The molecule has 1 aromatic carbocycles. The van der Waals surface area contributed by atoms with Crippen LogP contribution >= 0.6 is 0 Å². The van der Waals surface area contributed by atoms with E-state index in [2.05, 4.69) is 0 Å². The van der Waals surface area contributed by atoms with Gasteiger partial charge in [0, 0.05) is 12.1 Å². The van der Waals surface area contributed by atoms with E-state index in [4.69, 9.17) is 10.5 Å². The molecule has 1 rings (SSSR count). The maximum absolute atomic E-state index is 13.0. The maximum Gasteiger partial charge on any atom is 0.159 e. The zero-order valence-electron chi connectivity index (χ0n) is 9.59. The van der Waals surface area contributed by atoms with Crippen LogP contribution in [0.25, 0.3) is 0 Å². The highest BCUT2D eigenvalue weighted by Gasteiger charge is 2.19. The molecule has 2 N–H and O–H groups in total. The van der Waals surface area contributed by atoms with E-state index >= 15 is 0 Å². The fourth-order valence-corrected chi connectivity index (χ4v) is 1.50. The Morgan fingerprint density at radius 1 is 1.31 bits per heavy atom. The number of hydrogen-bond acceptors (Lipinski definition) is 2. The summed E-state index contributed by atoms with van der Waals surface area (Å²) in [7, 11) is 0. The molecule has 1 atom stereocenters. The van der Waals surface area contributed by atoms with Gasteiger partial charge < -0.3 is 10.5 Å². The van der Waals surface area contributed by atoms with Gasteiger partial charge in [-0.25, -0.2) is 8.78 Å². The topological polar surface area (TPSA) is 35.2 Å². The molecule has 0 saturated carbocycles. The van der Waals surface area contributed by atoms with Crippen LogP contribution < -0.4 is 5.73 Å². The number of benzene rings is 1. The Kier molecular flexibility index (Phi) is 4.38. The predicted octanol–water partition coefficient (Wildman–Crippen LogP) is 2.26. The molecule has 4 heteroatoms. The first-order chi connectivity index (χ1) is 7.44. The Labute approximate surface area is 94.4 Å². The van der Waals surface area contributed by atoms with Gasteiger partial charge in [-0.1, -0.05) is 6.07 Å². The van der Waals surface area contributed by atoms with Gasteiger partial charge in [0.2, 0.25) is 0 Å². The van der Waals surface area contributed by atoms with Crippen molar-refractivity contribution in [2.24, 2.45) is 5.73 Å². The number of nitrogens with two attached hydrogens (primary N) is 1. The smallest absolute Gasteiger partial charge is 0.159 e. The van der Waals surface area contributed by atoms with Gasteiger partial charge >= 0.3 is 0 Å². The zero-order valence-corrected chi connectivity index (χ0v) is 9.59. The van der Waals surface area contributed by atoms with E-state index in [0.717, 1.165) is 6.07 Å². The maximum atomic E-state index is 13.0. The largest absolute Gasteiger partial charge is 0.380 e. The molecular weight excluding hydrogens is 212 g/mol. The summed E-state index contributed by atoms with van der Waals surface area (Å²) >= 11 is 0. The quantitative estimate of drug-likeness (QED) is 0.840. The highest BCUT2D eigenvalue weighted by atomic mass is 19.2. The van der Waals surface area contributed by atoms with Crippen LogP contribution in [0.5, 0.6) is 0 Å². The molecule has 0 fully saturated rings. The van der Waals surface area contributed by atoms with Crippen molar-refractivity contribution in [2.75, 3.05) is 13.2 Å². The molecule has 90 valence electrons. The van der Waals surface area contributed by atoms with E-state index in [-0.39, 0.29) is 0 Å². The fourth-order valence-electron chi connectivity index (χ4n) is 1.50. The van der Waals surface area contributed by atoms with Crippen molar-refractivity contribution < 1.29 is 13.5 Å². The first kappa shape index (κ1) is 13.1. The van der Waals surface area contributed by atoms with Crippen LogP contribution in [0.4, 0.5) is 8.78 Å². The molecule has 0 aliphatic rings. The summed E-state index contributed by atoms with van der Waals surface area (Å²) < 4.78 is 30.9. The lowest BCUT2D eigenvalue weighted by Gasteiger charge is -2.24. The van der Waals surface area contributed by atoms with Crippen molar-refractivity contribution in [1.29, 1.82) is 0 Å². The van der Waals surface area contributed by atoms with Crippen molar-refractivity contribution in [2.45, 2.75) is 25.8 Å². The molecule has 1 unspecified atom stereocenters. The molecule has 0 aliphatic heterocycles. The monoisotopic (exact) mass is 229 g/mol. The molecule has 0 aromatic heterocycles. The summed E-state index contributed by atoms with van der Waals surface area (Å²) in [6.45, 7) is 4.69. The van der Waals surface area contributed by atoms with Gasteiger partial charge in [0.25, 0.3) is 0 Å². The summed E-state index contributed by atoms with van der Waals surface area (Å²) in [5.74, 6) is -1.68. The number of rotatable bonds is 5. The average molecular weight is 229 g/mol. The molecule has 0 radical (unpaired) electrons. The highest BCUT2D eigenvalue weighted by Crippen LogP contribution is 2.14. The molecular formula is C12H17F2NO. The molecule has 0 amide bonds. The number of halogens is 2. The van der Waals surface area contributed by atoms with E-state index in [1.807, 2.05) is 13.8 Å². The SMILES string of the molecule is CCOCC(C)(N)Cc1ccc(F)c(F)c1. The Morgan fingerprint density at radius 3 is 2.56 bits per heavy atom. The molecule has 0 spiro atoms. The van der Waals surface area contributed by atoms with Crippen LogP contribution in [0.3, 0.4) is 0 Å². The fraction of sp³-hybridized carbons (Fsp3) is 0.500. The van der Waals surface area contributed by atoms with Gasteiger partial charge in [0.15, 0.2) is 11.6 Å². The summed E-state index contributed by atoms with van der Waals surface area (Å²) in [6, 6.07) is 3.82. The zero-order chi connectivity index (χ0) is 12.2. The Bertz CT molecular complexity index is 353. The number of ether oxygens (including phenoxy) is 1. The molecule has 1 aromatic rings. The van der Waals surface area contributed by atoms with Crippen LogP contribution in [0.2, 0.25) is 0 Å². The predicted molar refractivity (Wildman–Crippen MR) is 59.1 cm³/mol. The first-order valence-corrected chi connectivity index (χ1v) is 5.25. The van der Waals surface area contributed by atoms with Crippen molar-refractivity contribution >= 4 is 0 Å². The van der Waals surface area contributed by atoms with Gasteiger partial charge in [-0.05, 0) is 38.0 Å². The second-order valence-electron chi connectivity index (χ2n) is 4.22. The molecule has 0 saturated heterocycles. The third-order valence-electron chi connectivity index (χ3n) is 2.23. The van der Waals surface area contributed by atoms with Crippen LogP contribution in [-0.2, 0) is 11.2 Å². The summed E-state index contributed by atoms with van der Waals surface area (Å²) in [4.78, 5) is 0. The van der Waals surface area contributed by atoms with Crippen LogP contribution in [-0.4, -0.2) is 18.8 Å². The second kappa shape index (κ2) is 5.37. The third kappa shape index (κ3) is 3.87. The second-order valence-corrected chi connectivity index (χ2v) is 4.22. The Hall–Kier alpha value is -1.00. The van der Waals surface area contributed by atoms with Crippen LogP contribution in [0.1, 0.15) is 19.4 Å². The van der Waals surface area contributed by atoms with Gasteiger partial charge in [-0.3, -0.25) is 0 Å². The molecule has 16 heavy (non-hydrogen) atoms. The third-order valence-corrected chi connectivity index (χ3v) is 2.23. The average Bonchev–Trinajstić information content (AvgIpc) is 2.20. The van der Waals surface area contributed by atoms with E-state index < -0.39 is 17.2 Å². The summed E-state index contributed by atoms with van der Waals surface area (Å²) in [5, 5.41) is 0. The minimum atomic E-state index is -0.843. The minimum Gasteiger partial charge on any atom is -0.380 e. The Morgan fingerprint density at radius 2 is 2.00 bits per heavy atom. The van der Waals surface area contributed by atoms with E-state index in [1.165, 1.54) is 12.1 Å². The van der Waals surface area contributed by atoms with Gasteiger partial charge in [-0.15, -0.1) is 0 Å². The highest BCUT2D eigenvalue weighted by molar-refractivity contribution is 5.20. The van der Waals surface area contributed by atoms with E-state index in [1.54, 1.807) is 0 Å². The standard InChI is InChI=1S/C12H17F2NO/c1-3-16-8-12(2,15)7-9-4-5-10(13)11(14)6-9/h4-6H,3,7-8,15H2,1-2H3. The van der Waals surface area contributed by atoms with Crippen molar-refractivity contribution in [3.63, 3.8) is 0 Å². The molecule has 0 heterocycles. The van der Waals surface area contributed by atoms with Gasteiger partial charge in [0.1, 0.15) is 0 Å². The van der Waals surface area contributed by atoms with Crippen molar-refractivity contribution in [3.05, 3.63) is 35.4 Å². The lowest BCUT2D eigenvalue weighted by molar-refractivity contribution is 0.101. The van der Waals surface area contributed by atoms with Crippen LogP contribution in [0.15, 0.2) is 18.2 Å². The van der Waals surface area contributed by atoms with E-state index in [0.29, 0.717) is 25.2 Å². The first-order valence-electron chi connectivity index (χ1n) is 5.25. The van der Waals surface area contributed by atoms with Crippen LogP contribution in [0, 0.1) is 11.6 Å². The van der Waals surface area contributed by atoms with E-state index in [9.17, 15) is 8.78 Å². The van der Waals surface area contributed by atoms with Crippen molar-refractivity contribution in [3.8, 4) is 0 Å². The van der Waals surface area contributed by atoms with Gasteiger partial charge in [-0.2, -0.15) is 0 Å². The minimum absolute atomic E-state index is 0.391. The molecule has 0 bridgehead atoms. The summed E-state index contributed by atoms with van der Waals surface area (Å²) in [6.07, 6.45) is 0.449. The lowest BCUT2D eigenvalue weighted by atomic mass is 9.95. The Balaban J connectivity index is 2.68. The molecule has 0 aliphatic carbocycles.